The van der Waals surface area contributed by atoms with Gasteiger partial charge in [0.05, 0.1) is 34.9 Å². The maximum absolute atomic E-state index is 13.0. The second-order valence-electron chi connectivity index (χ2n) is 7.40. The number of sulfonamides is 1. The molecule has 0 unspecified atom stereocenters. The van der Waals surface area contributed by atoms with Crippen LogP contribution in [0.2, 0.25) is 0 Å². The zero-order chi connectivity index (χ0) is 22.0. The molecule has 31 heavy (non-hydrogen) atoms. The van der Waals surface area contributed by atoms with Crippen molar-refractivity contribution < 1.29 is 13.2 Å². The number of nitrogens with one attached hydrogen (secondary N) is 1. The maximum atomic E-state index is 13.0. The van der Waals surface area contributed by atoms with Crippen molar-refractivity contribution in [3.8, 4) is 0 Å². The molecule has 1 saturated heterocycles. The zero-order valence-electron chi connectivity index (χ0n) is 17.7. The predicted molar refractivity (Wildman–Crippen MR) is 123 cm³/mol. The van der Waals surface area contributed by atoms with E-state index in [1.165, 1.54) is 15.6 Å². The van der Waals surface area contributed by atoms with Gasteiger partial charge >= 0.3 is 0 Å². The van der Waals surface area contributed by atoms with E-state index in [0.717, 1.165) is 27.4 Å². The Hall–Kier alpha value is -1.73. The third-order valence-electron chi connectivity index (χ3n) is 4.87. The van der Waals surface area contributed by atoms with Gasteiger partial charge in [-0.2, -0.15) is 4.31 Å². The summed E-state index contributed by atoms with van der Waals surface area (Å²) in [4.78, 5) is 5.02. The fraction of sp³-hybridized carbons (Fsp3) is 0.526. The molecule has 0 amide bonds. The predicted octanol–water partition coefficient (Wildman–Crippen LogP) is 3.04. The molecule has 1 aliphatic heterocycles. The number of morpholine rings is 1. The number of ether oxygens (including phenoxy) is 1. The van der Waals surface area contributed by atoms with Gasteiger partial charge in [-0.1, -0.05) is 23.1 Å². The van der Waals surface area contributed by atoms with Gasteiger partial charge in [-0.15, -0.1) is 10.2 Å². The van der Waals surface area contributed by atoms with E-state index in [4.69, 9.17) is 9.72 Å². The van der Waals surface area contributed by atoms with E-state index in [9.17, 15) is 8.42 Å². The van der Waals surface area contributed by atoms with Crippen LogP contribution in [0.25, 0.3) is 11.0 Å². The van der Waals surface area contributed by atoms with Crippen molar-refractivity contribution in [2.24, 2.45) is 0 Å². The fourth-order valence-electron chi connectivity index (χ4n) is 3.42. The van der Waals surface area contributed by atoms with Crippen LogP contribution in [0, 0.1) is 0 Å². The maximum Gasteiger partial charge on any atom is 0.243 e. The Labute approximate surface area is 190 Å². The SMILES string of the molecule is CCn1c(CSc2nnc(NC(C)C)s2)nc2cc(S(=O)(=O)N3CCOCC3)ccc21. The lowest BCUT2D eigenvalue weighted by Gasteiger charge is -2.26. The van der Waals surface area contributed by atoms with Gasteiger partial charge in [-0.25, -0.2) is 13.4 Å². The van der Waals surface area contributed by atoms with Crippen molar-refractivity contribution >= 4 is 49.3 Å². The number of anilines is 1. The van der Waals surface area contributed by atoms with Crippen LogP contribution in [0.4, 0.5) is 5.13 Å². The first kappa shape index (κ1) is 22.5. The molecule has 12 heteroatoms. The van der Waals surface area contributed by atoms with E-state index in [1.807, 2.05) is 6.07 Å². The quantitative estimate of drug-likeness (QED) is 0.489. The first-order valence-corrected chi connectivity index (χ1v) is 13.4. The van der Waals surface area contributed by atoms with E-state index in [-0.39, 0.29) is 4.90 Å². The molecule has 1 aliphatic rings. The van der Waals surface area contributed by atoms with E-state index < -0.39 is 10.0 Å². The molecule has 0 aliphatic carbocycles. The van der Waals surface area contributed by atoms with Gasteiger partial charge in [0.25, 0.3) is 0 Å². The Balaban J connectivity index is 1.56. The Morgan fingerprint density at radius 3 is 2.74 bits per heavy atom. The number of hydrogen-bond donors (Lipinski definition) is 1. The lowest BCUT2D eigenvalue weighted by molar-refractivity contribution is 0.0730. The first-order valence-electron chi connectivity index (χ1n) is 10.2. The summed E-state index contributed by atoms with van der Waals surface area (Å²) in [6, 6.07) is 5.50. The standard InChI is InChI=1S/C19H26N6O3S3/c1-4-25-16-6-5-14(31(26,27)24-7-9-28-10-8-24)11-15(16)21-17(25)12-29-19-23-22-18(30-19)20-13(2)3/h5-6,11,13H,4,7-10,12H2,1-3H3,(H,20,22). The summed E-state index contributed by atoms with van der Waals surface area (Å²) < 4.78 is 35.7. The number of imidazole rings is 1. The molecule has 1 N–H and O–H groups in total. The monoisotopic (exact) mass is 482 g/mol. The van der Waals surface area contributed by atoms with Gasteiger partial charge in [0.15, 0.2) is 4.34 Å². The lowest BCUT2D eigenvalue weighted by Crippen LogP contribution is -2.40. The number of nitrogens with zero attached hydrogens (tertiary/aromatic N) is 5. The molecule has 1 fully saturated rings. The Bertz CT molecular complexity index is 1150. The number of aromatic nitrogens is 4. The van der Waals surface area contributed by atoms with Gasteiger partial charge in [0.1, 0.15) is 5.82 Å². The van der Waals surface area contributed by atoms with Crippen LogP contribution in [-0.4, -0.2) is 64.8 Å². The molecule has 0 radical (unpaired) electrons. The van der Waals surface area contributed by atoms with Gasteiger partial charge in [-0.05, 0) is 39.0 Å². The largest absolute Gasteiger partial charge is 0.379 e. The summed E-state index contributed by atoms with van der Waals surface area (Å²) in [6.07, 6.45) is 0. The topological polar surface area (TPSA) is 102 Å². The van der Waals surface area contributed by atoms with E-state index in [0.29, 0.717) is 43.6 Å². The fourth-order valence-corrected chi connectivity index (χ4v) is 6.69. The van der Waals surface area contributed by atoms with Crippen LogP contribution in [0.5, 0.6) is 0 Å². The summed E-state index contributed by atoms with van der Waals surface area (Å²) in [5.74, 6) is 1.52. The minimum absolute atomic E-state index is 0.274. The molecule has 0 bridgehead atoms. The van der Waals surface area contributed by atoms with Crippen LogP contribution < -0.4 is 5.32 Å². The highest BCUT2D eigenvalue weighted by Crippen LogP contribution is 2.30. The van der Waals surface area contributed by atoms with Crippen molar-refractivity contribution in [2.75, 3.05) is 31.6 Å². The minimum atomic E-state index is -3.55. The Morgan fingerprint density at radius 2 is 2.03 bits per heavy atom. The first-order chi connectivity index (χ1) is 14.9. The van der Waals surface area contributed by atoms with Crippen molar-refractivity contribution in [1.82, 2.24) is 24.1 Å². The highest BCUT2D eigenvalue weighted by Gasteiger charge is 2.27. The van der Waals surface area contributed by atoms with Crippen LogP contribution in [-0.2, 0) is 27.1 Å². The van der Waals surface area contributed by atoms with E-state index >= 15 is 0 Å². The van der Waals surface area contributed by atoms with E-state index in [2.05, 4.69) is 40.9 Å². The zero-order valence-corrected chi connectivity index (χ0v) is 20.2. The smallest absolute Gasteiger partial charge is 0.243 e. The van der Waals surface area contributed by atoms with Crippen molar-refractivity contribution in [3.05, 3.63) is 24.0 Å². The molecule has 9 nitrogen and oxygen atoms in total. The number of rotatable bonds is 8. The van der Waals surface area contributed by atoms with Gasteiger partial charge in [0.2, 0.25) is 15.2 Å². The summed E-state index contributed by atoms with van der Waals surface area (Å²) in [6.45, 7) is 8.53. The average molecular weight is 483 g/mol. The molecule has 168 valence electrons. The van der Waals surface area contributed by atoms with Crippen LogP contribution in [0.3, 0.4) is 0 Å². The summed E-state index contributed by atoms with van der Waals surface area (Å²) in [5, 5.41) is 12.5. The molecular formula is C19H26N6O3S3. The van der Waals surface area contributed by atoms with Gasteiger partial charge in [-0.3, -0.25) is 0 Å². The Morgan fingerprint density at radius 1 is 1.26 bits per heavy atom. The van der Waals surface area contributed by atoms with Crippen LogP contribution in [0.15, 0.2) is 27.4 Å². The second kappa shape index (κ2) is 9.41. The molecule has 1 aromatic carbocycles. The molecule has 0 spiro atoms. The summed E-state index contributed by atoms with van der Waals surface area (Å²) in [5.41, 5.74) is 1.62. The number of benzene rings is 1. The minimum Gasteiger partial charge on any atom is -0.379 e. The van der Waals surface area contributed by atoms with Crippen molar-refractivity contribution in [2.45, 2.75) is 48.3 Å². The summed E-state index contributed by atoms with van der Waals surface area (Å²) in [7, 11) is -3.55. The second-order valence-corrected chi connectivity index (χ2v) is 11.5. The molecule has 4 rings (SSSR count). The lowest BCUT2D eigenvalue weighted by atomic mass is 10.3. The van der Waals surface area contributed by atoms with Crippen molar-refractivity contribution in [3.63, 3.8) is 0 Å². The highest BCUT2D eigenvalue weighted by atomic mass is 32.2. The molecule has 2 aromatic heterocycles. The van der Waals surface area contributed by atoms with Crippen molar-refractivity contribution in [1.29, 1.82) is 0 Å². The van der Waals surface area contributed by atoms with Crippen LogP contribution >= 0.6 is 23.1 Å². The number of aryl methyl sites for hydroxylation is 1. The number of hydrogen-bond acceptors (Lipinski definition) is 9. The molecular weight excluding hydrogens is 456 g/mol. The van der Waals surface area contributed by atoms with E-state index in [1.54, 1.807) is 23.9 Å². The third-order valence-corrected chi connectivity index (χ3v) is 8.74. The molecule has 0 saturated carbocycles. The summed E-state index contributed by atoms with van der Waals surface area (Å²) >= 11 is 3.10. The highest BCUT2D eigenvalue weighted by molar-refractivity contribution is 8.00. The normalized spacial score (nSPS) is 15.7. The average Bonchev–Trinajstić information content (AvgIpc) is 3.35. The third kappa shape index (κ3) is 4.87. The molecule has 3 aromatic rings. The van der Waals surface area contributed by atoms with Gasteiger partial charge in [0, 0.05) is 25.7 Å². The van der Waals surface area contributed by atoms with Crippen LogP contribution in [0.1, 0.15) is 26.6 Å². The number of fused-ring (bicyclic) bond motifs is 1. The van der Waals surface area contributed by atoms with Gasteiger partial charge < -0.3 is 14.6 Å². The Kier molecular flexibility index (Phi) is 6.82. The molecule has 3 heterocycles. The molecule has 0 atom stereocenters. The number of thioether (sulfide) groups is 1.